The minimum Gasteiger partial charge on any atom is -0.478 e. The molecule has 3 nitrogen and oxygen atoms in total. The summed E-state index contributed by atoms with van der Waals surface area (Å²) in [6.45, 7) is 1.42. The summed E-state index contributed by atoms with van der Waals surface area (Å²) in [5, 5.41) is 9.06. The van der Waals surface area contributed by atoms with Crippen LogP contribution in [0.4, 0.5) is 8.78 Å². The number of benzene rings is 1. The minimum atomic E-state index is -1.17. The monoisotopic (exact) mass is 251 g/mol. The predicted octanol–water partition coefficient (Wildman–Crippen LogP) is 2.98. The van der Waals surface area contributed by atoms with Crippen molar-refractivity contribution in [2.24, 2.45) is 7.05 Å². The maximum Gasteiger partial charge on any atom is 0.337 e. The van der Waals surface area contributed by atoms with E-state index in [0.717, 1.165) is 12.1 Å². The van der Waals surface area contributed by atoms with Crippen molar-refractivity contribution in [3.05, 3.63) is 47.3 Å². The molecule has 1 aromatic carbocycles. The highest BCUT2D eigenvalue weighted by Crippen LogP contribution is 2.31. The SMILES string of the molecule is Cc1c(F)ccc(F)c1-c1cn(C)cc1C(=O)O. The van der Waals surface area contributed by atoms with Gasteiger partial charge >= 0.3 is 5.97 Å². The van der Waals surface area contributed by atoms with Gasteiger partial charge < -0.3 is 9.67 Å². The first kappa shape index (κ1) is 12.3. The van der Waals surface area contributed by atoms with E-state index in [4.69, 9.17) is 5.11 Å². The zero-order valence-electron chi connectivity index (χ0n) is 9.87. The van der Waals surface area contributed by atoms with E-state index in [1.807, 2.05) is 0 Å². The quantitative estimate of drug-likeness (QED) is 0.891. The first-order valence-corrected chi connectivity index (χ1v) is 5.26. The van der Waals surface area contributed by atoms with Crippen LogP contribution in [0.5, 0.6) is 0 Å². The lowest BCUT2D eigenvalue weighted by Gasteiger charge is -2.07. The van der Waals surface area contributed by atoms with Gasteiger partial charge in [-0.1, -0.05) is 0 Å². The zero-order chi connectivity index (χ0) is 13.4. The van der Waals surface area contributed by atoms with Crippen LogP contribution >= 0.6 is 0 Å². The molecule has 94 valence electrons. The zero-order valence-corrected chi connectivity index (χ0v) is 9.87. The number of carboxylic acids is 1. The highest BCUT2D eigenvalue weighted by molar-refractivity contribution is 5.96. The second-order valence-corrected chi connectivity index (χ2v) is 4.09. The van der Waals surface area contributed by atoms with E-state index in [-0.39, 0.29) is 22.3 Å². The highest BCUT2D eigenvalue weighted by atomic mass is 19.1. The largest absolute Gasteiger partial charge is 0.478 e. The van der Waals surface area contributed by atoms with Gasteiger partial charge in [0.25, 0.3) is 0 Å². The number of aryl methyl sites for hydroxylation is 1. The van der Waals surface area contributed by atoms with Gasteiger partial charge in [-0.25, -0.2) is 13.6 Å². The fourth-order valence-corrected chi connectivity index (χ4v) is 1.94. The number of hydrogen-bond donors (Lipinski definition) is 1. The fourth-order valence-electron chi connectivity index (χ4n) is 1.94. The fraction of sp³-hybridized carbons (Fsp3) is 0.154. The van der Waals surface area contributed by atoms with Gasteiger partial charge in [-0.15, -0.1) is 0 Å². The van der Waals surface area contributed by atoms with Crippen LogP contribution in [-0.4, -0.2) is 15.6 Å². The van der Waals surface area contributed by atoms with E-state index >= 15 is 0 Å². The van der Waals surface area contributed by atoms with E-state index in [0.29, 0.717) is 0 Å². The van der Waals surface area contributed by atoms with Crippen molar-refractivity contribution in [1.82, 2.24) is 4.57 Å². The van der Waals surface area contributed by atoms with Crippen molar-refractivity contribution in [2.45, 2.75) is 6.92 Å². The van der Waals surface area contributed by atoms with Gasteiger partial charge in [0.2, 0.25) is 0 Å². The molecule has 0 spiro atoms. The number of aromatic carboxylic acids is 1. The molecule has 0 unspecified atom stereocenters. The molecular weight excluding hydrogens is 240 g/mol. The van der Waals surface area contributed by atoms with Crippen LogP contribution in [0.15, 0.2) is 24.5 Å². The molecule has 2 aromatic rings. The summed E-state index contributed by atoms with van der Waals surface area (Å²) in [7, 11) is 1.63. The molecular formula is C13H11F2NO2. The molecule has 1 heterocycles. The average molecular weight is 251 g/mol. The van der Waals surface area contributed by atoms with Crippen molar-refractivity contribution in [3.8, 4) is 11.1 Å². The lowest BCUT2D eigenvalue weighted by Crippen LogP contribution is -1.99. The molecule has 0 fully saturated rings. The summed E-state index contributed by atoms with van der Waals surface area (Å²) in [4.78, 5) is 11.1. The maximum atomic E-state index is 13.8. The third kappa shape index (κ3) is 1.88. The van der Waals surface area contributed by atoms with Crippen LogP contribution in [0.25, 0.3) is 11.1 Å². The molecule has 0 bridgehead atoms. The normalized spacial score (nSPS) is 10.7. The van der Waals surface area contributed by atoms with Crippen molar-refractivity contribution in [3.63, 3.8) is 0 Å². The first-order chi connectivity index (χ1) is 8.41. The van der Waals surface area contributed by atoms with Gasteiger partial charge in [0.1, 0.15) is 11.6 Å². The number of rotatable bonds is 2. The lowest BCUT2D eigenvalue weighted by atomic mass is 9.99. The third-order valence-electron chi connectivity index (χ3n) is 2.80. The Morgan fingerprint density at radius 1 is 1.22 bits per heavy atom. The van der Waals surface area contributed by atoms with E-state index in [9.17, 15) is 13.6 Å². The van der Waals surface area contributed by atoms with Gasteiger partial charge in [-0.3, -0.25) is 0 Å². The smallest absolute Gasteiger partial charge is 0.337 e. The minimum absolute atomic E-state index is 0.00648. The molecule has 1 aromatic heterocycles. The van der Waals surface area contributed by atoms with Gasteiger partial charge in [-0.05, 0) is 24.6 Å². The van der Waals surface area contributed by atoms with Crippen LogP contribution in [0.2, 0.25) is 0 Å². The Kier molecular flexibility index (Phi) is 2.90. The van der Waals surface area contributed by atoms with Gasteiger partial charge in [-0.2, -0.15) is 0 Å². The Bertz CT molecular complexity index is 632. The molecule has 0 atom stereocenters. The van der Waals surface area contributed by atoms with E-state index in [2.05, 4.69) is 0 Å². The molecule has 0 saturated carbocycles. The van der Waals surface area contributed by atoms with Gasteiger partial charge in [0, 0.05) is 30.6 Å². The summed E-state index contributed by atoms with van der Waals surface area (Å²) >= 11 is 0. The summed E-state index contributed by atoms with van der Waals surface area (Å²) in [6, 6.07) is 2.02. The Balaban J connectivity index is 2.77. The number of halogens is 2. The summed E-state index contributed by atoms with van der Waals surface area (Å²) < 4.78 is 28.8. The summed E-state index contributed by atoms with van der Waals surface area (Å²) in [5.41, 5.74) is 0.223. The highest BCUT2D eigenvalue weighted by Gasteiger charge is 2.20. The predicted molar refractivity (Wildman–Crippen MR) is 62.5 cm³/mol. The second kappa shape index (κ2) is 4.25. The van der Waals surface area contributed by atoms with Crippen molar-refractivity contribution < 1.29 is 18.7 Å². The molecule has 0 aliphatic carbocycles. The molecule has 0 aliphatic rings. The van der Waals surface area contributed by atoms with Crippen molar-refractivity contribution in [1.29, 1.82) is 0 Å². The molecule has 0 amide bonds. The number of hydrogen-bond acceptors (Lipinski definition) is 1. The molecule has 2 rings (SSSR count). The molecule has 5 heteroatoms. The molecule has 0 radical (unpaired) electrons. The number of aromatic nitrogens is 1. The maximum absolute atomic E-state index is 13.8. The van der Waals surface area contributed by atoms with Crippen LogP contribution in [0.3, 0.4) is 0 Å². The van der Waals surface area contributed by atoms with Crippen LogP contribution < -0.4 is 0 Å². The van der Waals surface area contributed by atoms with Gasteiger partial charge in [0.15, 0.2) is 0 Å². The molecule has 18 heavy (non-hydrogen) atoms. The second-order valence-electron chi connectivity index (χ2n) is 4.09. The standard InChI is InChI=1S/C13H11F2NO2/c1-7-10(14)3-4-11(15)12(7)8-5-16(2)6-9(8)13(17)18/h3-6H,1-2H3,(H,17,18). The van der Waals surface area contributed by atoms with Crippen LogP contribution in [-0.2, 0) is 7.05 Å². The van der Waals surface area contributed by atoms with Crippen LogP contribution in [0, 0.1) is 18.6 Å². The lowest BCUT2D eigenvalue weighted by molar-refractivity contribution is 0.0697. The van der Waals surface area contributed by atoms with Crippen LogP contribution in [0.1, 0.15) is 15.9 Å². The Labute approximate surface area is 102 Å². The van der Waals surface area contributed by atoms with Gasteiger partial charge in [0.05, 0.1) is 5.56 Å². The van der Waals surface area contributed by atoms with E-state index in [1.165, 1.54) is 23.9 Å². The summed E-state index contributed by atoms with van der Waals surface area (Å²) in [6.07, 6.45) is 2.83. The Hall–Kier alpha value is -2.17. The first-order valence-electron chi connectivity index (χ1n) is 5.26. The van der Waals surface area contributed by atoms with Crippen molar-refractivity contribution >= 4 is 5.97 Å². The number of carbonyl (C=O) groups is 1. The van der Waals surface area contributed by atoms with E-state index < -0.39 is 17.6 Å². The molecule has 0 aliphatic heterocycles. The Morgan fingerprint density at radius 2 is 1.83 bits per heavy atom. The van der Waals surface area contributed by atoms with Crippen molar-refractivity contribution in [2.75, 3.05) is 0 Å². The Morgan fingerprint density at radius 3 is 2.44 bits per heavy atom. The average Bonchev–Trinajstić information content (AvgIpc) is 2.67. The summed E-state index contributed by atoms with van der Waals surface area (Å²) in [5.74, 6) is -2.37. The number of nitrogens with zero attached hydrogens (tertiary/aromatic N) is 1. The number of carboxylic acid groups (broad SMARTS) is 1. The van der Waals surface area contributed by atoms with E-state index in [1.54, 1.807) is 7.05 Å². The third-order valence-corrected chi connectivity index (χ3v) is 2.80. The topological polar surface area (TPSA) is 42.2 Å². The molecule has 1 N–H and O–H groups in total. The molecule has 0 saturated heterocycles.